The lowest BCUT2D eigenvalue weighted by molar-refractivity contribution is -0.120. The lowest BCUT2D eigenvalue weighted by atomic mass is 9.97. The van der Waals surface area contributed by atoms with Crippen LogP contribution in [0.4, 0.5) is 5.13 Å². The fraction of sp³-hybridized carbons (Fsp3) is 0.320. The number of anilines is 1. The monoisotopic (exact) mass is 496 g/mol. The molecular formula is C25H28N4O3S2. The van der Waals surface area contributed by atoms with E-state index in [1.165, 1.54) is 26.6 Å². The van der Waals surface area contributed by atoms with E-state index in [9.17, 15) is 13.2 Å². The molecule has 178 valence electrons. The maximum Gasteiger partial charge on any atom is 0.236 e. The van der Waals surface area contributed by atoms with Crippen molar-refractivity contribution in [1.82, 2.24) is 14.5 Å². The zero-order chi connectivity index (χ0) is 24.1. The number of carbonyl (C=O) groups excluding carboxylic acids is 1. The summed E-state index contributed by atoms with van der Waals surface area (Å²) in [4.78, 5) is 12.7. The lowest BCUT2D eigenvalue weighted by Gasteiger charge is -2.29. The number of piperidine rings is 1. The van der Waals surface area contributed by atoms with Crippen LogP contribution in [0.15, 0.2) is 60.0 Å². The van der Waals surface area contributed by atoms with Crippen molar-refractivity contribution in [3.05, 3.63) is 71.1 Å². The van der Waals surface area contributed by atoms with Gasteiger partial charge in [0, 0.05) is 30.0 Å². The van der Waals surface area contributed by atoms with Crippen molar-refractivity contribution in [3.63, 3.8) is 0 Å². The standard InChI is InChI=1S/C25H28N4O3S2/c1-18(2)20-8-10-22(11-9-20)24-27-28-25(33-24)26-23(30)21-12-15-29(16-13-21)34(31,32)17-14-19-6-4-3-5-7-19/h3-11,14,17-18,21H,12-13,15-16H2,1-2H3,(H,26,28,30)/b17-14+. The quantitative estimate of drug-likeness (QED) is 0.498. The summed E-state index contributed by atoms with van der Waals surface area (Å²) in [6, 6.07) is 17.5. The number of aromatic nitrogens is 2. The molecule has 1 N–H and O–H groups in total. The second-order valence-corrected chi connectivity index (χ2v) is 11.4. The van der Waals surface area contributed by atoms with Gasteiger partial charge < -0.3 is 5.32 Å². The molecule has 0 atom stereocenters. The molecule has 0 saturated carbocycles. The molecular weight excluding hydrogens is 468 g/mol. The number of carbonyl (C=O) groups is 1. The van der Waals surface area contributed by atoms with Crippen LogP contribution in [0.5, 0.6) is 0 Å². The zero-order valence-corrected chi connectivity index (χ0v) is 20.8. The molecule has 0 radical (unpaired) electrons. The molecule has 1 aliphatic rings. The van der Waals surface area contributed by atoms with Gasteiger partial charge in [-0.3, -0.25) is 4.79 Å². The predicted octanol–water partition coefficient (Wildman–Crippen LogP) is 4.98. The van der Waals surface area contributed by atoms with Crippen molar-refractivity contribution in [1.29, 1.82) is 0 Å². The highest BCUT2D eigenvalue weighted by Gasteiger charge is 2.30. The van der Waals surface area contributed by atoms with E-state index in [4.69, 9.17) is 0 Å². The van der Waals surface area contributed by atoms with E-state index >= 15 is 0 Å². The average Bonchev–Trinajstić information content (AvgIpc) is 3.32. The second-order valence-electron chi connectivity index (χ2n) is 8.61. The Morgan fingerprint density at radius 2 is 1.74 bits per heavy atom. The number of rotatable bonds is 7. The summed E-state index contributed by atoms with van der Waals surface area (Å²) in [7, 11) is -3.52. The van der Waals surface area contributed by atoms with Gasteiger partial charge in [0.2, 0.25) is 21.1 Å². The molecule has 1 aliphatic heterocycles. The molecule has 1 aromatic heterocycles. The Kier molecular flexibility index (Phi) is 7.55. The van der Waals surface area contributed by atoms with E-state index < -0.39 is 10.0 Å². The Bertz CT molecular complexity index is 1240. The molecule has 9 heteroatoms. The molecule has 0 unspecified atom stereocenters. The Labute approximate surface area is 204 Å². The van der Waals surface area contributed by atoms with Crippen molar-refractivity contribution in [2.45, 2.75) is 32.6 Å². The van der Waals surface area contributed by atoms with Crippen molar-refractivity contribution < 1.29 is 13.2 Å². The largest absolute Gasteiger partial charge is 0.300 e. The first-order chi connectivity index (χ1) is 16.3. The van der Waals surface area contributed by atoms with Crippen LogP contribution >= 0.6 is 11.3 Å². The number of nitrogens with one attached hydrogen (secondary N) is 1. The van der Waals surface area contributed by atoms with Crippen molar-refractivity contribution in [3.8, 4) is 10.6 Å². The van der Waals surface area contributed by atoms with E-state index in [0.29, 0.717) is 37.0 Å². The maximum atomic E-state index is 12.7. The molecule has 0 bridgehead atoms. The Balaban J connectivity index is 1.31. The lowest BCUT2D eigenvalue weighted by Crippen LogP contribution is -2.40. The van der Waals surface area contributed by atoms with Crippen LogP contribution in [0.3, 0.4) is 0 Å². The van der Waals surface area contributed by atoms with Crippen LogP contribution in [0.1, 0.15) is 43.7 Å². The number of benzene rings is 2. The van der Waals surface area contributed by atoms with E-state index in [2.05, 4.69) is 41.5 Å². The minimum atomic E-state index is -3.52. The van der Waals surface area contributed by atoms with Gasteiger partial charge in [0.25, 0.3) is 0 Å². The van der Waals surface area contributed by atoms with E-state index in [-0.39, 0.29) is 11.8 Å². The second kappa shape index (κ2) is 10.6. The zero-order valence-electron chi connectivity index (χ0n) is 19.2. The van der Waals surface area contributed by atoms with Crippen LogP contribution in [-0.4, -0.2) is 41.9 Å². The van der Waals surface area contributed by atoms with Crippen molar-refractivity contribution in [2.75, 3.05) is 18.4 Å². The van der Waals surface area contributed by atoms with E-state index in [1.54, 1.807) is 6.08 Å². The average molecular weight is 497 g/mol. The molecule has 34 heavy (non-hydrogen) atoms. The molecule has 3 aromatic rings. The fourth-order valence-electron chi connectivity index (χ4n) is 3.80. The smallest absolute Gasteiger partial charge is 0.236 e. The third-order valence-corrected chi connectivity index (χ3v) is 8.35. The summed E-state index contributed by atoms with van der Waals surface area (Å²) in [5.41, 5.74) is 3.04. The van der Waals surface area contributed by atoms with Gasteiger partial charge in [-0.2, -0.15) is 4.31 Å². The van der Waals surface area contributed by atoms with Gasteiger partial charge >= 0.3 is 0 Å². The molecule has 7 nitrogen and oxygen atoms in total. The summed E-state index contributed by atoms with van der Waals surface area (Å²) in [5, 5.41) is 13.6. The van der Waals surface area contributed by atoms with E-state index in [0.717, 1.165) is 16.1 Å². The summed E-state index contributed by atoms with van der Waals surface area (Å²) in [5.74, 6) is 0.0524. The summed E-state index contributed by atoms with van der Waals surface area (Å²) < 4.78 is 26.7. The highest BCUT2D eigenvalue weighted by atomic mass is 32.2. The molecule has 0 aliphatic carbocycles. The van der Waals surface area contributed by atoms with Gasteiger partial charge in [-0.05, 0) is 36.0 Å². The molecule has 0 spiro atoms. The molecule has 2 heterocycles. The van der Waals surface area contributed by atoms with Crippen LogP contribution in [0, 0.1) is 5.92 Å². The molecule has 4 rings (SSSR count). The predicted molar refractivity (Wildman–Crippen MR) is 137 cm³/mol. The molecule has 1 fully saturated rings. The normalized spacial score (nSPS) is 15.7. The first-order valence-electron chi connectivity index (χ1n) is 11.3. The van der Waals surface area contributed by atoms with Crippen LogP contribution in [0.25, 0.3) is 16.6 Å². The highest BCUT2D eigenvalue weighted by Crippen LogP contribution is 2.29. The number of nitrogens with zero attached hydrogens (tertiary/aromatic N) is 3. The molecule has 1 amide bonds. The van der Waals surface area contributed by atoms with Crippen LogP contribution in [-0.2, 0) is 14.8 Å². The summed E-state index contributed by atoms with van der Waals surface area (Å²) >= 11 is 1.33. The highest BCUT2D eigenvalue weighted by molar-refractivity contribution is 7.92. The Morgan fingerprint density at radius 3 is 2.38 bits per heavy atom. The van der Waals surface area contributed by atoms with Gasteiger partial charge in [-0.1, -0.05) is 79.8 Å². The number of hydrogen-bond donors (Lipinski definition) is 1. The first kappa shape index (κ1) is 24.3. The third-order valence-electron chi connectivity index (χ3n) is 5.90. The fourth-order valence-corrected chi connectivity index (χ4v) is 5.77. The molecule has 1 saturated heterocycles. The van der Waals surface area contributed by atoms with Crippen molar-refractivity contribution >= 4 is 38.5 Å². The number of amides is 1. The minimum absolute atomic E-state index is 0.144. The number of hydrogen-bond acceptors (Lipinski definition) is 6. The first-order valence-corrected chi connectivity index (χ1v) is 13.6. The van der Waals surface area contributed by atoms with Gasteiger partial charge in [0.05, 0.1) is 0 Å². The topological polar surface area (TPSA) is 92.3 Å². The summed E-state index contributed by atoms with van der Waals surface area (Å²) in [6.07, 6.45) is 2.52. The van der Waals surface area contributed by atoms with Crippen LogP contribution < -0.4 is 5.32 Å². The summed E-state index contributed by atoms with van der Waals surface area (Å²) in [6.45, 7) is 4.91. The maximum absolute atomic E-state index is 12.7. The number of sulfonamides is 1. The minimum Gasteiger partial charge on any atom is -0.300 e. The third kappa shape index (κ3) is 5.97. The van der Waals surface area contributed by atoms with E-state index in [1.807, 2.05) is 42.5 Å². The van der Waals surface area contributed by atoms with Gasteiger partial charge in [0.1, 0.15) is 5.01 Å². The van der Waals surface area contributed by atoms with Gasteiger partial charge in [-0.25, -0.2) is 8.42 Å². The SMILES string of the molecule is CC(C)c1ccc(-c2nnc(NC(=O)C3CCN(S(=O)(=O)/C=C/c4ccccc4)CC3)s2)cc1. The van der Waals surface area contributed by atoms with Crippen molar-refractivity contribution in [2.24, 2.45) is 5.92 Å². The Morgan fingerprint density at radius 1 is 1.06 bits per heavy atom. The van der Waals surface area contributed by atoms with Gasteiger partial charge in [-0.15, -0.1) is 10.2 Å². The van der Waals surface area contributed by atoms with Gasteiger partial charge in [0.15, 0.2) is 0 Å². The molecule has 2 aromatic carbocycles. The Hall–Kier alpha value is -2.88. The van der Waals surface area contributed by atoms with Crippen LogP contribution in [0.2, 0.25) is 0 Å².